The highest BCUT2D eigenvalue weighted by atomic mass is 32.2. The molecule has 1 aromatic carbocycles. The number of sulfonamides is 1. The highest BCUT2D eigenvalue weighted by molar-refractivity contribution is 7.92. The molecular weight excluding hydrogens is 290 g/mol. The largest absolute Gasteiger partial charge is 0.338 e. The predicted molar refractivity (Wildman–Crippen MR) is 80.5 cm³/mol. The van der Waals surface area contributed by atoms with Crippen LogP contribution in [0.2, 0.25) is 0 Å². The molecule has 0 unspecified atom stereocenters. The van der Waals surface area contributed by atoms with Crippen LogP contribution in [0.3, 0.4) is 0 Å². The maximum atomic E-state index is 12.2. The Morgan fingerprint density at radius 3 is 2.43 bits per heavy atom. The smallest absolute Gasteiger partial charge is 0.264 e. The van der Waals surface area contributed by atoms with Crippen LogP contribution in [0, 0.1) is 6.92 Å². The second-order valence-electron chi connectivity index (χ2n) is 5.12. The van der Waals surface area contributed by atoms with Crippen LogP contribution in [0.1, 0.15) is 25.1 Å². The molecule has 0 radical (unpaired) electrons. The summed E-state index contributed by atoms with van der Waals surface area (Å²) in [6.07, 6.45) is 0. The number of rotatable bonds is 6. The van der Waals surface area contributed by atoms with Crippen LogP contribution >= 0.6 is 0 Å². The topological polar surface area (TPSA) is 84.2 Å². The molecule has 0 aliphatic rings. The molecule has 0 saturated carbocycles. The number of anilines is 1. The fourth-order valence-corrected chi connectivity index (χ4v) is 2.68. The van der Waals surface area contributed by atoms with E-state index in [9.17, 15) is 8.42 Å². The molecule has 7 heteroatoms. The molecule has 0 amide bonds. The van der Waals surface area contributed by atoms with Gasteiger partial charge in [0, 0.05) is 18.7 Å². The third kappa shape index (κ3) is 4.30. The zero-order valence-corrected chi connectivity index (χ0v) is 13.1. The standard InChI is InChI=1S/C14H19N3O3S/c1-10(2)15-9-12-4-6-13(7-5-12)21(18,19)17-14-8-11(3)16-20-14/h4-8,10,15,17H,9H2,1-3H3. The van der Waals surface area contributed by atoms with Crippen LogP contribution in [0.15, 0.2) is 39.8 Å². The number of nitrogens with one attached hydrogen (secondary N) is 2. The first-order chi connectivity index (χ1) is 9.87. The Morgan fingerprint density at radius 1 is 1.24 bits per heavy atom. The van der Waals surface area contributed by atoms with Crippen LogP contribution in [0.4, 0.5) is 5.88 Å². The number of aromatic nitrogens is 1. The summed E-state index contributed by atoms with van der Waals surface area (Å²) in [5, 5.41) is 6.91. The molecule has 0 saturated heterocycles. The van der Waals surface area contributed by atoms with Gasteiger partial charge < -0.3 is 9.84 Å². The van der Waals surface area contributed by atoms with Crippen molar-refractivity contribution in [3.63, 3.8) is 0 Å². The van der Waals surface area contributed by atoms with Gasteiger partial charge in [-0.1, -0.05) is 31.1 Å². The summed E-state index contributed by atoms with van der Waals surface area (Å²) in [5.41, 5.74) is 1.64. The van der Waals surface area contributed by atoms with E-state index < -0.39 is 10.0 Å². The van der Waals surface area contributed by atoms with E-state index in [0.717, 1.165) is 5.56 Å². The molecule has 114 valence electrons. The Morgan fingerprint density at radius 2 is 1.90 bits per heavy atom. The van der Waals surface area contributed by atoms with Gasteiger partial charge in [-0.05, 0) is 24.6 Å². The van der Waals surface area contributed by atoms with Crippen molar-refractivity contribution in [2.45, 2.75) is 38.3 Å². The molecule has 2 aromatic rings. The van der Waals surface area contributed by atoms with Crippen molar-refractivity contribution in [3.8, 4) is 0 Å². The molecule has 2 rings (SSSR count). The van der Waals surface area contributed by atoms with Crippen molar-refractivity contribution in [3.05, 3.63) is 41.6 Å². The van der Waals surface area contributed by atoms with Crippen molar-refractivity contribution in [1.29, 1.82) is 0 Å². The van der Waals surface area contributed by atoms with E-state index in [1.54, 1.807) is 31.2 Å². The summed E-state index contributed by atoms with van der Waals surface area (Å²) >= 11 is 0. The third-order valence-corrected chi connectivity index (χ3v) is 4.17. The van der Waals surface area contributed by atoms with Crippen LogP contribution in [0.25, 0.3) is 0 Å². The molecule has 0 atom stereocenters. The SMILES string of the molecule is Cc1cc(NS(=O)(=O)c2ccc(CNC(C)C)cc2)on1. The Labute approximate surface area is 124 Å². The summed E-state index contributed by atoms with van der Waals surface area (Å²) in [5.74, 6) is 0.109. The summed E-state index contributed by atoms with van der Waals surface area (Å²) < 4.78 is 31.6. The van der Waals surface area contributed by atoms with E-state index in [1.165, 1.54) is 6.07 Å². The van der Waals surface area contributed by atoms with Gasteiger partial charge in [0.15, 0.2) is 0 Å². The number of aryl methyl sites for hydroxylation is 1. The molecule has 6 nitrogen and oxygen atoms in total. The van der Waals surface area contributed by atoms with Gasteiger partial charge in [0.1, 0.15) is 0 Å². The van der Waals surface area contributed by atoms with Crippen LogP contribution in [0.5, 0.6) is 0 Å². The van der Waals surface area contributed by atoms with Crippen molar-refractivity contribution < 1.29 is 12.9 Å². The molecule has 0 spiro atoms. The molecule has 21 heavy (non-hydrogen) atoms. The third-order valence-electron chi connectivity index (χ3n) is 2.81. The van der Waals surface area contributed by atoms with E-state index in [0.29, 0.717) is 18.3 Å². The molecule has 0 fully saturated rings. The average molecular weight is 309 g/mol. The minimum absolute atomic E-state index is 0.109. The van der Waals surface area contributed by atoms with Crippen LogP contribution < -0.4 is 10.0 Å². The molecule has 0 bridgehead atoms. The second-order valence-corrected chi connectivity index (χ2v) is 6.80. The fourth-order valence-electron chi connectivity index (χ4n) is 1.71. The lowest BCUT2D eigenvalue weighted by molar-refractivity contribution is 0.430. The molecule has 2 N–H and O–H groups in total. The first kappa shape index (κ1) is 15.5. The highest BCUT2D eigenvalue weighted by Gasteiger charge is 2.16. The Balaban J connectivity index is 2.09. The summed E-state index contributed by atoms with van der Waals surface area (Å²) in [7, 11) is -3.65. The zero-order valence-electron chi connectivity index (χ0n) is 12.3. The summed E-state index contributed by atoms with van der Waals surface area (Å²) in [6, 6.07) is 8.62. The van der Waals surface area contributed by atoms with E-state index in [-0.39, 0.29) is 10.8 Å². The van der Waals surface area contributed by atoms with Gasteiger partial charge in [0.25, 0.3) is 10.0 Å². The van der Waals surface area contributed by atoms with E-state index in [4.69, 9.17) is 4.52 Å². The molecule has 1 heterocycles. The second kappa shape index (κ2) is 6.28. The Hall–Kier alpha value is -1.86. The van der Waals surface area contributed by atoms with Crippen LogP contribution in [-0.4, -0.2) is 19.6 Å². The number of hydrogen-bond acceptors (Lipinski definition) is 5. The van der Waals surface area contributed by atoms with Gasteiger partial charge in [-0.25, -0.2) is 13.1 Å². The zero-order chi connectivity index (χ0) is 15.5. The highest BCUT2D eigenvalue weighted by Crippen LogP contribution is 2.17. The first-order valence-electron chi connectivity index (χ1n) is 6.65. The monoisotopic (exact) mass is 309 g/mol. The van der Waals surface area contributed by atoms with Gasteiger partial charge >= 0.3 is 0 Å². The predicted octanol–water partition coefficient (Wildman–Crippen LogP) is 2.28. The molecule has 0 aliphatic heterocycles. The van der Waals surface area contributed by atoms with Crippen molar-refractivity contribution in [1.82, 2.24) is 10.5 Å². The van der Waals surface area contributed by atoms with Crippen molar-refractivity contribution in [2.24, 2.45) is 0 Å². The molecule has 1 aromatic heterocycles. The minimum Gasteiger partial charge on any atom is -0.338 e. The van der Waals surface area contributed by atoms with E-state index >= 15 is 0 Å². The number of nitrogens with zero attached hydrogens (tertiary/aromatic N) is 1. The maximum absolute atomic E-state index is 12.2. The maximum Gasteiger partial charge on any atom is 0.264 e. The Kier molecular flexibility index (Phi) is 4.64. The summed E-state index contributed by atoms with van der Waals surface area (Å²) in [6.45, 7) is 6.54. The lowest BCUT2D eigenvalue weighted by Gasteiger charge is -2.09. The number of hydrogen-bond donors (Lipinski definition) is 2. The summed E-state index contributed by atoms with van der Waals surface area (Å²) in [4.78, 5) is 0.185. The average Bonchev–Trinajstić information content (AvgIpc) is 2.81. The quantitative estimate of drug-likeness (QED) is 0.855. The van der Waals surface area contributed by atoms with Crippen LogP contribution in [-0.2, 0) is 16.6 Å². The number of benzene rings is 1. The lowest BCUT2D eigenvalue weighted by atomic mass is 10.2. The minimum atomic E-state index is -3.65. The Bertz CT molecular complexity index is 691. The van der Waals surface area contributed by atoms with E-state index in [1.807, 2.05) is 0 Å². The van der Waals surface area contributed by atoms with Gasteiger partial charge in [0.2, 0.25) is 5.88 Å². The van der Waals surface area contributed by atoms with Gasteiger partial charge in [-0.3, -0.25) is 0 Å². The van der Waals surface area contributed by atoms with Gasteiger partial charge in [-0.15, -0.1) is 0 Å². The first-order valence-corrected chi connectivity index (χ1v) is 8.13. The lowest BCUT2D eigenvalue weighted by Crippen LogP contribution is -2.21. The van der Waals surface area contributed by atoms with Gasteiger partial charge in [-0.2, -0.15) is 0 Å². The normalized spacial score (nSPS) is 11.8. The van der Waals surface area contributed by atoms with Crippen molar-refractivity contribution in [2.75, 3.05) is 4.72 Å². The van der Waals surface area contributed by atoms with Crippen molar-refractivity contribution >= 4 is 15.9 Å². The molecule has 0 aliphatic carbocycles. The van der Waals surface area contributed by atoms with Gasteiger partial charge in [0.05, 0.1) is 10.6 Å². The fraction of sp³-hybridized carbons (Fsp3) is 0.357. The van der Waals surface area contributed by atoms with E-state index in [2.05, 4.69) is 29.0 Å². The molecular formula is C14H19N3O3S.